The molecule has 0 saturated carbocycles. The average Bonchev–Trinajstić information content (AvgIpc) is 3.24. The van der Waals surface area contributed by atoms with Crippen molar-refractivity contribution in [1.29, 1.82) is 5.26 Å². The Labute approximate surface area is 227 Å². The van der Waals surface area contributed by atoms with Gasteiger partial charge in [-0.15, -0.1) is 0 Å². The van der Waals surface area contributed by atoms with E-state index in [1.165, 1.54) is 6.08 Å². The fourth-order valence-corrected chi connectivity index (χ4v) is 4.51. The van der Waals surface area contributed by atoms with E-state index >= 15 is 0 Å². The van der Waals surface area contributed by atoms with Crippen molar-refractivity contribution in [3.05, 3.63) is 66.5 Å². The molecule has 200 valence electrons. The molecule has 0 aliphatic rings. The molecule has 0 aliphatic carbocycles. The zero-order valence-electron chi connectivity index (χ0n) is 22.8. The lowest BCUT2D eigenvalue weighted by Crippen LogP contribution is -2.28. The largest absolute Gasteiger partial charge is 0.494 e. The van der Waals surface area contributed by atoms with Crippen LogP contribution in [0.15, 0.2) is 55.4 Å². The molecule has 2 heterocycles. The maximum Gasteiger partial charge on any atom is 0.247 e. The van der Waals surface area contributed by atoms with Crippen molar-refractivity contribution in [1.82, 2.24) is 19.9 Å². The maximum atomic E-state index is 12.2. The van der Waals surface area contributed by atoms with Gasteiger partial charge in [0, 0.05) is 56.6 Å². The number of methoxy groups -OCH3 is 1. The number of aryl methyl sites for hydroxylation is 2. The number of carbonyl (C=O) groups is 1. The highest BCUT2D eigenvalue weighted by Gasteiger charge is 2.17. The van der Waals surface area contributed by atoms with Crippen molar-refractivity contribution >= 4 is 39.8 Å². The van der Waals surface area contributed by atoms with Crippen molar-refractivity contribution in [2.75, 3.05) is 49.8 Å². The maximum absolute atomic E-state index is 12.2. The summed E-state index contributed by atoms with van der Waals surface area (Å²) in [6.45, 7) is 7.06. The average molecular weight is 525 g/mol. The molecule has 4 rings (SSSR count). The first-order valence-corrected chi connectivity index (χ1v) is 12.4. The summed E-state index contributed by atoms with van der Waals surface area (Å²) in [5, 5.41) is 20.0. The molecular weight excluding hydrogens is 492 g/mol. The molecule has 0 aliphatic heterocycles. The second kappa shape index (κ2) is 11.7. The standard InChI is InChI=1S/C29H32N8O2/c1-7-27(38)33-23-14-24(26(39-6)15-25(23)36(4)11-10-31-3)35-29-32-9-8-22(34-29)19-12-20(16-30)28-21(13-19)18(2)17-37(28)5/h7-9,12-15,17,31H,1,10-11H2,2-6H3,(H,33,38)(H,32,34,35). The molecule has 0 saturated heterocycles. The van der Waals surface area contributed by atoms with Crippen molar-refractivity contribution in [2.24, 2.45) is 7.05 Å². The summed E-state index contributed by atoms with van der Waals surface area (Å²) in [5.74, 6) is 0.569. The quantitative estimate of drug-likeness (QED) is 0.262. The third-order valence-corrected chi connectivity index (χ3v) is 6.46. The highest BCUT2D eigenvalue weighted by molar-refractivity contribution is 6.02. The number of nitrogens with one attached hydrogen (secondary N) is 3. The monoisotopic (exact) mass is 524 g/mol. The van der Waals surface area contributed by atoms with E-state index < -0.39 is 0 Å². The van der Waals surface area contributed by atoms with E-state index in [1.807, 2.05) is 61.9 Å². The van der Waals surface area contributed by atoms with E-state index in [0.29, 0.717) is 40.9 Å². The number of rotatable bonds is 10. The van der Waals surface area contributed by atoms with Crippen LogP contribution in [0.5, 0.6) is 5.75 Å². The van der Waals surface area contributed by atoms with Gasteiger partial charge in [-0.3, -0.25) is 4.79 Å². The number of benzene rings is 2. The number of nitrogens with zero attached hydrogens (tertiary/aromatic N) is 5. The predicted octanol–water partition coefficient (Wildman–Crippen LogP) is 4.35. The number of amides is 1. The zero-order chi connectivity index (χ0) is 28.1. The molecule has 0 unspecified atom stereocenters. The Hall–Kier alpha value is -4.88. The summed E-state index contributed by atoms with van der Waals surface area (Å²) >= 11 is 0. The predicted molar refractivity (Wildman–Crippen MR) is 156 cm³/mol. The fourth-order valence-electron chi connectivity index (χ4n) is 4.51. The van der Waals surface area contributed by atoms with E-state index in [-0.39, 0.29) is 5.91 Å². The molecule has 3 N–H and O–H groups in total. The highest BCUT2D eigenvalue weighted by atomic mass is 16.5. The molecule has 2 aromatic carbocycles. The van der Waals surface area contributed by atoms with Crippen molar-refractivity contribution < 1.29 is 9.53 Å². The number of hydrogen-bond donors (Lipinski definition) is 3. The normalized spacial score (nSPS) is 10.7. The summed E-state index contributed by atoms with van der Waals surface area (Å²) in [5.41, 5.74) is 5.97. The van der Waals surface area contributed by atoms with Gasteiger partial charge in [0.05, 0.1) is 40.9 Å². The van der Waals surface area contributed by atoms with Gasteiger partial charge in [0.2, 0.25) is 11.9 Å². The first kappa shape index (κ1) is 27.2. The lowest BCUT2D eigenvalue weighted by Gasteiger charge is -2.24. The van der Waals surface area contributed by atoms with Crippen LogP contribution in [0.1, 0.15) is 11.1 Å². The van der Waals surface area contributed by atoms with Crippen LogP contribution in [0.25, 0.3) is 22.2 Å². The van der Waals surface area contributed by atoms with Gasteiger partial charge >= 0.3 is 0 Å². The second-order valence-corrected chi connectivity index (χ2v) is 9.13. The van der Waals surface area contributed by atoms with E-state index in [2.05, 4.69) is 33.6 Å². The van der Waals surface area contributed by atoms with Gasteiger partial charge < -0.3 is 30.2 Å². The summed E-state index contributed by atoms with van der Waals surface area (Å²) < 4.78 is 7.64. The first-order valence-electron chi connectivity index (χ1n) is 12.4. The van der Waals surface area contributed by atoms with Crippen LogP contribution in [-0.2, 0) is 11.8 Å². The van der Waals surface area contributed by atoms with Crippen LogP contribution in [0.3, 0.4) is 0 Å². The minimum Gasteiger partial charge on any atom is -0.494 e. The Balaban J connectivity index is 1.74. The second-order valence-electron chi connectivity index (χ2n) is 9.13. The van der Waals surface area contributed by atoms with Gasteiger partial charge in [0.25, 0.3) is 0 Å². The summed E-state index contributed by atoms with van der Waals surface area (Å²) in [6, 6.07) is 11.6. The molecule has 10 heteroatoms. The Morgan fingerprint density at radius 1 is 1.28 bits per heavy atom. The van der Waals surface area contributed by atoms with Gasteiger partial charge in [-0.2, -0.15) is 5.26 Å². The van der Waals surface area contributed by atoms with Gasteiger partial charge in [-0.05, 0) is 49.9 Å². The lowest BCUT2D eigenvalue weighted by molar-refractivity contribution is -0.111. The number of carbonyl (C=O) groups excluding carboxylic acids is 1. The Kier molecular flexibility index (Phi) is 8.13. The topological polar surface area (TPSA) is 120 Å². The van der Waals surface area contributed by atoms with E-state index in [0.717, 1.165) is 34.3 Å². The molecule has 0 spiro atoms. The SMILES string of the molecule is C=CC(=O)Nc1cc(Nc2nccc(-c3cc(C#N)c4c(c3)c(C)cn4C)n2)c(OC)cc1N(C)CCNC. The minimum atomic E-state index is -0.326. The number of nitriles is 1. The first-order chi connectivity index (χ1) is 18.8. The van der Waals surface area contributed by atoms with Crippen LogP contribution < -0.4 is 25.6 Å². The lowest BCUT2D eigenvalue weighted by atomic mass is 10.0. The van der Waals surface area contributed by atoms with Crippen LogP contribution in [0.2, 0.25) is 0 Å². The molecule has 0 atom stereocenters. The molecule has 0 bridgehead atoms. The summed E-state index contributed by atoms with van der Waals surface area (Å²) in [6.07, 6.45) is 4.89. The van der Waals surface area contributed by atoms with Crippen molar-refractivity contribution in [3.63, 3.8) is 0 Å². The van der Waals surface area contributed by atoms with Crippen LogP contribution in [0, 0.1) is 18.3 Å². The van der Waals surface area contributed by atoms with Gasteiger partial charge in [0.1, 0.15) is 11.8 Å². The minimum absolute atomic E-state index is 0.326. The Bertz CT molecular complexity index is 1580. The van der Waals surface area contributed by atoms with E-state index in [1.54, 1.807) is 25.4 Å². The Morgan fingerprint density at radius 2 is 2.08 bits per heavy atom. The van der Waals surface area contributed by atoms with Gasteiger partial charge in [-0.1, -0.05) is 6.58 Å². The number of aromatic nitrogens is 3. The Morgan fingerprint density at radius 3 is 2.77 bits per heavy atom. The van der Waals surface area contributed by atoms with E-state index in [9.17, 15) is 10.1 Å². The third kappa shape index (κ3) is 5.68. The molecule has 2 aromatic heterocycles. The number of ether oxygens (including phenoxy) is 1. The molecule has 1 amide bonds. The van der Waals surface area contributed by atoms with Crippen LogP contribution >= 0.6 is 0 Å². The molecule has 0 radical (unpaired) electrons. The van der Waals surface area contributed by atoms with E-state index in [4.69, 9.17) is 9.72 Å². The smallest absolute Gasteiger partial charge is 0.247 e. The number of hydrogen-bond acceptors (Lipinski definition) is 8. The van der Waals surface area contributed by atoms with Crippen LogP contribution in [0.4, 0.5) is 23.0 Å². The highest BCUT2D eigenvalue weighted by Crippen LogP contribution is 2.38. The fraction of sp³-hybridized carbons (Fsp3) is 0.241. The van der Waals surface area contributed by atoms with Crippen molar-refractivity contribution in [2.45, 2.75) is 6.92 Å². The summed E-state index contributed by atoms with van der Waals surface area (Å²) in [7, 11) is 7.34. The summed E-state index contributed by atoms with van der Waals surface area (Å²) in [4.78, 5) is 23.3. The van der Waals surface area contributed by atoms with Gasteiger partial charge in [0.15, 0.2) is 0 Å². The number of anilines is 4. The molecular formula is C29H32N8O2. The molecule has 4 aromatic rings. The zero-order valence-corrected chi connectivity index (χ0v) is 22.8. The van der Waals surface area contributed by atoms with Crippen LogP contribution in [-0.4, -0.2) is 54.7 Å². The molecule has 39 heavy (non-hydrogen) atoms. The van der Waals surface area contributed by atoms with Crippen molar-refractivity contribution in [3.8, 4) is 23.1 Å². The number of fused-ring (bicyclic) bond motifs is 1. The molecule has 10 nitrogen and oxygen atoms in total. The van der Waals surface area contributed by atoms with Gasteiger partial charge in [-0.25, -0.2) is 9.97 Å². The number of likely N-dealkylation sites (N-methyl/N-ethyl adjacent to an activating group) is 2. The third-order valence-electron chi connectivity index (χ3n) is 6.46. The molecule has 0 fully saturated rings.